The number of hydrogen-bond acceptors (Lipinski definition) is 1. The van der Waals surface area contributed by atoms with E-state index in [0.717, 1.165) is 30.8 Å². The molecule has 1 aromatic carbocycles. The van der Waals surface area contributed by atoms with Crippen LogP contribution in [0, 0.1) is 5.82 Å². The molecule has 0 spiro atoms. The first-order chi connectivity index (χ1) is 6.22. The Morgan fingerprint density at radius 2 is 2.31 bits per heavy atom. The molecule has 0 unspecified atom stereocenters. The van der Waals surface area contributed by atoms with Crippen LogP contribution in [0.3, 0.4) is 0 Å². The molecule has 1 nitrogen and oxygen atoms in total. The molecule has 2 rings (SSSR count). The van der Waals surface area contributed by atoms with Crippen molar-refractivity contribution >= 4 is 17.3 Å². The van der Waals surface area contributed by atoms with Crippen LogP contribution >= 0.6 is 11.6 Å². The molecule has 1 aliphatic heterocycles. The van der Waals surface area contributed by atoms with Crippen molar-refractivity contribution in [2.45, 2.75) is 13.3 Å². The highest BCUT2D eigenvalue weighted by Gasteiger charge is 2.19. The van der Waals surface area contributed by atoms with E-state index in [9.17, 15) is 4.39 Å². The first-order valence-electron chi connectivity index (χ1n) is 4.45. The van der Waals surface area contributed by atoms with E-state index in [0.29, 0.717) is 0 Å². The lowest BCUT2D eigenvalue weighted by atomic mass is 10.1. The van der Waals surface area contributed by atoms with Crippen molar-refractivity contribution in [3.05, 3.63) is 28.5 Å². The number of fused-ring (bicyclic) bond motifs is 1. The van der Waals surface area contributed by atoms with E-state index in [1.165, 1.54) is 0 Å². The fourth-order valence-corrected chi connectivity index (χ4v) is 1.93. The molecular weight excluding hydrogens is 189 g/mol. The van der Waals surface area contributed by atoms with Gasteiger partial charge in [-0.2, -0.15) is 0 Å². The fraction of sp³-hybridized carbons (Fsp3) is 0.400. The van der Waals surface area contributed by atoms with Crippen LogP contribution in [0.5, 0.6) is 0 Å². The summed E-state index contributed by atoms with van der Waals surface area (Å²) in [5, 5.41) is 0.221. The predicted molar refractivity (Wildman–Crippen MR) is 53.0 cm³/mol. The summed E-state index contributed by atoms with van der Waals surface area (Å²) in [6.07, 6.45) is 0.928. The van der Waals surface area contributed by atoms with Crippen LogP contribution in [-0.4, -0.2) is 13.1 Å². The van der Waals surface area contributed by atoms with Crippen LogP contribution in [0.4, 0.5) is 10.1 Å². The molecular formula is C10H11ClFN. The molecule has 1 heterocycles. The van der Waals surface area contributed by atoms with Crippen LogP contribution in [0.1, 0.15) is 12.5 Å². The summed E-state index contributed by atoms with van der Waals surface area (Å²) < 4.78 is 13.1. The second-order valence-corrected chi connectivity index (χ2v) is 3.63. The Labute approximate surface area is 82.1 Å². The molecule has 0 saturated heterocycles. The predicted octanol–water partition coefficient (Wildman–Crippen LogP) is 2.86. The molecule has 0 fully saturated rings. The minimum absolute atomic E-state index is 0.221. The summed E-state index contributed by atoms with van der Waals surface area (Å²) in [6, 6.07) is 3.27. The zero-order valence-electron chi connectivity index (χ0n) is 7.48. The second kappa shape index (κ2) is 3.18. The van der Waals surface area contributed by atoms with Gasteiger partial charge >= 0.3 is 0 Å². The van der Waals surface area contributed by atoms with Crippen LogP contribution in [0.25, 0.3) is 0 Å². The normalized spacial score (nSPS) is 14.8. The lowest BCUT2D eigenvalue weighted by Gasteiger charge is -2.16. The fourth-order valence-electron chi connectivity index (χ4n) is 1.78. The Balaban J connectivity index is 2.47. The highest BCUT2D eigenvalue weighted by atomic mass is 35.5. The average molecular weight is 200 g/mol. The summed E-state index contributed by atoms with van der Waals surface area (Å²) in [5.41, 5.74) is 2.16. The number of benzene rings is 1. The minimum Gasteiger partial charge on any atom is -0.371 e. The summed E-state index contributed by atoms with van der Waals surface area (Å²) in [4.78, 5) is 2.21. The molecule has 1 aromatic rings. The van der Waals surface area contributed by atoms with Gasteiger partial charge in [-0.15, -0.1) is 0 Å². The van der Waals surface area contributed by atoms with Gasteiger partial charge in [0.25, 0.3) is 0 Å². The smallest absolute Gasteiger partial charge is 0.142 e. The van der Waals surface area contributed by atoms with Crippen molar-refractivity contribution in [3.63, 3.8) is 0 Å². The van der Waals surface area contributed by atoms with Crippen molar-refractivity contribution in [2.24, 2.45) is 0 Å². The van der Waals surface area contributed by atoms with Crippen molar-refractivity contribution < 1.29 is 4.39 Å². The standard InChI is InChI=1S/C10H11ClFN/c1-2-13-4-3-7-5-9(12)8(11)6-10(7)13/h5-6H,2-4H2,1H3. The topological polar surface area (TPSA) is 3.24 Å². The Kier molecular flexibility index (Phi) is 2.16. The van der Waals surface area contributed by atoms with Gasteiger partial charge < -0.3 is 4.90 Å². The Morgan fingerprint density at radius 1 is 1.54 bits per heavy atom. The summed E-state index contributed by atoms with van der Waals surface area (Å²) >= 11 is 5.71. The monoisotopic (exact) mass is 199 g/mol. The van der Waals surface area contributed by atoms with Gasteiger partial charge in [-0.1, -0.05) is 11.6 Å². The lowest BCUT2D eigenvalue weighted by Crippen LogP contribution is -2.19. The van der Waals surface area contributed by atoms with E-state index in [4.69, 9.17) is 11.6 Å². The molecule has 0 N–H and O–H groups in total. The third-order valence-electron chi connectivity index (χ3n) is 2.50. The number of rotatable bonds is 1. The molecule has 70 valence electrons. The zero-order valence-corrected chi connectivity index (χ0v) is 8.24. The van der Waals surface area contributed by atoms with Gasteiger partial charge in [0.15, 0.2) is 0 Å². The average Bonchev–Trinajstić information content (AvgIpc) is 2.48. The van der Waals surface area contributed by atoms with Crippen LogP contribution in [0.15, 0.2) is 12.1 Å². The maximum atomic E-state index is 13.1. The zero-order chi connectivity index (χ0) is 9.42. The van der Waals surface area contributed by atoms with Gasteiger partial charge in [-0.3, -0.25) is 0 Å². The Bertz CT molecular complexity index is 338. The first kappa shape index (κ1) is 8.82. The number of nitrogens with zero attached hydrogens (tertiary/aromatic N) is 1. The van der Waals surface area contributed by atoms with Gasteiger partial charge in [0.1, 0.15) is 5.82 Å². The Hall–Kier alpha value is -0.760. The number of hydrogen-bond donors (Lipinski definition) is 0. The van der Waals surface area contributed by atoms with Gasteiger partial charge in [0.05, 0.1) is 5.02 Å². The van der Waals surface area contributed by atoms with Gasteiger partial charge in [-0.05, 0) is 31.0 Å². The molecule has 0 aliphatic carbocycles. The van der Waals surface area contributed by atoms with E-state index in [2.05, 4.69) is 11.8 Å². The van der Waals surface area contributed by atoms with Crippen LogP contribution in [-0.2, 0) is 6.42 Å². The van der Waals surface area contributed by atoms with E-state index in [1.807, 2.05) is 0 Å². The van der Waals surface area contributed by atoms with Gasteiger partial charge in [0.2, 0.25) is 0 Å². The highest BCUT2D eigenvalue weighted by Crippen LogP contribution is 2.32. The third-order valence-corrected chi connectivity index (χ3v) is 2.78. The maximum Gasteiger partial charge on any atom is 0.142 e. The minimum atomic E-state index is -0.307. The lowest BCUT2D eigenvalue weighted by molar-refractivity contribution is 0.627. The Morgan fingerprint density at radius 3 is 3.00 bits per heavy atom. The van der Waals surface area contributed by atoms with Crippen molar-refractivity contribution in [2.75, 3.05) is 18.0 Å². The molecule has 0 aromatic heterocycles. The molecule has 0 radical (unpaired) electrons. The largest absolute Gasteiger partial charge is 0.371 e. The SMILES string of the molecule is CCN1CCc2cc(F)c(Cl)cc21. The van der Waals surface area contributed by atoms with Crippen molar-refractivity contribution in [3.8, 4) is 0 Å². The van der Waals surface area contributed by atoms with Gasteiger partial charge in [-0.25, -0.2) is 4.39 Å². The van der Waals surface area contributed by atoms with Crippen molar-refractivity contribution in [1.82, 2.24) is 0 Å². The molecule has 1 aliphatic rings. The summed E-state index contributed by atoms with van der Waals surface area (Å²) in [7, 11) is 0. The summed E-state index contributed by atoms with van der Waals surface area (Å²) in [6.45, 7) is 4.02. The molecule has 3 heteroatoms. The van der Waals surface area contributed by atoms with E-state index in [1.54, 1.807) is 12.1 Å². The third kappa shape index (κ3) is 1.39. The van der Waals surface area contributed by atoms with E-state index in [-0.39, 0.29) is 10.8 Å². The van der Waals surface area contributed by atoms with Crippen molar-refractivity contribution in [1.29, 1.82) is 0 Å². The van der Waals surface area contributed by atoms with Crippen LogP contribution < -0.4 is 4.90 Å². The maximum absolute atomic E-state index is 13.1. The summed E-state index contributed by atoms with van der Waals surface area (Å²) in [5.74, 6) is -0.307. The number of halogens is 2. The van der Waals surface area contributed by atoms with Crippen LogP contribution in [0.2, 0.25) is 5.02 Å². The molecule has 0 saturated carbocycles. The van der Waals surface area contributed by atoms with Gasteiger partial charge in [0, 0.05) is 18.8 Å². The quantitative estimate of drug-likeness (QED) is 0.673. The second-order valence-electron chi connectivity index (χ2n) is 3.22. The number of likely N-dealkylation sites (N-methyl/N-ethyl adjacent to an activating group) is 1. The molecule has 13 heavy (non-hydrogen) atoms. The number of anilines is 1. The molecule has 0 amide bonds. The van der Waals surface area contributed by atoms with E-state index >= 15 is 0 Å². The molecule has 0 bridgehead atoms. The highest BCUT2D eigenvalue weighted by molar-refractivity contribution is 6.31. The van der Waals surface area contributed by atoms with E-state index < -0.39 is 0 Å². The molecule has 0 atom stereocenters. The first-order valence-corrected chi connectivity index (χ1v) is 4.83.